The Labute approximate surface area is 196 Å². The quantitative estimate of drug-likeness (QED) is 0.497. The van der Waals surface area contributed by atoms with Crippen molar-refractivity contribution in [3.8, 4) is 5.75 Å². The first kappa shape index (κ1) is 22.6. The number of aliphatic hydroxyl groups excluding tert-OH is 1. The lowest BCUT2D eigenvalue weighted by Gasteiger charge is -2.37. The van der Waals surface area contributed by atoms with Crippen LogP contribution in [0.4, 0.5) is 20.6 Å². The topological polar surface area (TPSA) is 109 Å². The molecular weight excluding hydrogens is 441 g/mol. The second kappa shape index (κ2) is 9.60. The van der Waals surface area contributed by atoms with E-state index in [4.69, 9.17) is 9.47 Å². The normalized spacial score (nSPS) is 25.0. The Morgan fingerprint density at radius 1 is 1.06 bits per heavy atom. The standard InChI is InChI=1S/C25H28FN3O5/c26-15-3-5-16(6-4-15)28-25(32)29-17-7-8-21-19(9-17)20-10-18(33-22(13-30)24(20)34-21)11-23(31)27-12-14-1-2-14/h3-9,14,18,20,22,24,30H,1-2,10-13H2,(H,27,31)(H2,28,29,32)/t18-,20-,22+,24+/m1/s1. The summed E-state index contributed by atoms with van der Waals surface area (Å²) in [5.41, 5.74) is 1.96. The van der Waals surface area contributed by atoms with E-state index in [0.717, 1.165) is 5.56 Å². The average Bonchev–Trinajstić information content (AvgIpc) is 3.59. The van der Waals surface area contributed by atoms with E-state index >= 15 is 0 Å². The lowest BCUT2D eigenvalue weighted by atomic mass is 9.84. The van der Waals surface area contributed by atoms with Crippen molar-refractivity contribution in [2.75, 3.05) is 23.8 Å². The number of anilines is 2. The third-order valence-corrected chi connectivity index (χ3v) is 6.56. The molecule has 4 atom stereocenters. The van der Waals surface area contributed by atoms with Crippen molar-refractivity contribution < 1.29 is 28.6 Å². The van der Waals surface area contributed by atoms with Gasteiger partial charge in [0.25, 0.3) is 0 Å². The number of ether oxygens (including phenoxy) is 2. The molecule has 0 bridgehead atoms. The molecule has 3 amide bonds. The highest BCUT2D eigenvalue weighted by atomic mass is 19.1. The third kappa shape index (κ3) is 5.15. The van der Waals surface area contributed by atoms with Crippen LogP contribution in [0, 0.1) is 11.7 Å². The van der Waals surface area contributed by atoms with Crippen LogP contribution >= 0.6 is 0 Å². The number of nitrogens with one attached hydrogen (secondary N) is 3. The van der Waals surface area contributed by atoms with Crippen LogP contribution in [-0.2, 0) is 9.53 Å². The lowest BCUT2D eigenvalue weighted by molar-refractivity contribution is -0.142. The molecule has 0 spiro atoms. The second-order valence-electron chi connectivity index (χ2n) is 9.19. The smallest absolute Gasteiger partial charge is 0.323 e. The first-order chi connectivity index (χ1) is 16.5. The fraction of sp³-hybridized carbons (Fsp3) is 0.440. The van der Waals surface area contributed by atoms with E-state index in [1.54, 1.807) is 12.1 Å². The van der Waals surface area contributed by atoms with Gasteiger partial charge < -0.3 is 30.5 Å². The van der Waals surface area contributed by atoms with Gasteiger partial charge in [0, 0.05) is 29.4 Å². The number of aliphatic hydroxyl groups is 1. The van der Waals surface area contributed by atoms with Gasteiger partial charge in [0.2, 0.25) is 5.91 Å². The molecule has 1 saturated heterocycles. The predicted molar refractivity (Wildman–Crippen MR) is 123 cm³/mol. The molecule has 0 radical (unpaired) electrons. The van der Waals surface area contributed by atoms with Gasteiger partial charge in [-0.15, -0.1) is 0 Å². The number of amides is 3. The van der Waals surface area contributed by atoms with Crippen LogP contribution in [0.2, 0.25) is 0 Å². The highest BCUT2D eigenvalue weighted by Crippen LogP contribution is 2.47. The van der Waals surface area contributed by atoms with Crippen LogP contribution in [0.5, 0.6) is 5.75 Å². The molecule has 1 saturated carbocycles. The maximum Gasteiger partial charge on any atom is 0.323 e. The summed E-state index contributed by atoms with van der Waals surface area (Å²) in [4.78, 5) is 24.8. The van der Waals surface area contributed by atoms with Gasteiger partial charge in [-0.2, -0.15) is 0 Å². The van der Waals surface area contributed by atoms with E-state index in [-0.39, 0.29) is 42.9 Å². The fourth-order valence-corrected chi connectivity index (χ4v) is 4.65. The number of carbonyl (C=O) groups excluding carboxylic acids is 2. The largest absolute Gasteiger partial charge is 0.487 e. The minimum absolute atomic E-state index is 0.0425. The Morgan fingerprint density at radius 2 is 1.79 bits per heavy atom. The first-order valence-electron chi connectivity index (χ1n) is 11.7. The minimum atomic E-state index is -0.537. The van der Waals surface area contributed by atoms with Crippen molar-refractivity contribution in [2.45, 2.75) is 49.9 Å². The molecule has 34 heavy (non-hydrogen) atoms. The molecule has 0 aromatic heterocycles. The van der Waals surface area contributed by atoms with Crippen LogP contribution in [0.1, 0.15) is 37.2 Å². The molecule has 4 N–H and O–H groups in total. The molecule has 1 aliphatic carbocycles. The summed E-state index contributed by atoms with van der Waals surface area (Å²) in [7, 11) is 0. The Bertz CT molecular complexity index is 1060. The van der Waals surface area contributed by atoms with E-state index in [1.807, 2.05) is 6.07 Å². The van der Waals surface area contributed by atoms with Crippen LogP contribution < -0.4 is 20.7 Å². The van der Waals surface area contributed by atoms with Crippen molar-refractivity contribution in [3.05, 3.63) is 53.8 Å². The van der Waals surface area contributed by atoms with Crippen molar-refractivity contribution in [2.24, 2.45) is 5.92 Å². The Hall–Kier alpha value is -3.17. The van der Waals surface area contributed by atoms with Crippen LogP contribution in [-0.4, -0.2) is 48.5 Å². The molecular formula is C25H28FN3O5. The number of benzene rings is 2. The zero-order chi connectivity index (χ0) is 23.7. The molecule has 2 fully saturated rings. The fourth-order valence-electron chi connectivity index (χ4n) is 4.65. The highest BCUT2D eigenvalue weighted by molar-refractivity contribution is 5.99. The summed E-state index contributed by atoms with van der Waals surface area (Å²) in [6, 6.07) is 10.4. The molecule has 5 rings (SSSR count). The van der Waals surface area contributed by atoms with Crippen LogP contribution in [0.25, 0.3) is 0 Å². The molecule has 8 nitrogen and oxygen atoms in total. The van der Waals surface area contributed by atoms with Crippen molar-refractivity contribution in [1.82, 2.24) is 5.32 Å². The zero-order valence-electron chi connectivity index (χ0n) is 18.6. The monoisotopic (exact) mass is 469 g/mol. The third-order valence-electron chi connectivity index (χ3n) is 6.56. The van der Waals surface area contributed by atoms with Gasteiger partial charge in [-0.05, 0) is 67.6 Å². The second-order valence-corrected chi connectivity index (χ2v) is 9.19. The zero-order valence-corrected chi connectivity index (χ0v) is 18.6. The van der Waals surface area contributed by atoms with E-state index in [1.165, 1.54) is 37.1 Å². The number of carbonyl (C=O) groups is 2. The molecule has 2 aromatic carbocycles. The van der Waals surface area contributed by atoms with Crippen LogP contribution in [0.15, 0.2) is 42.5 Å². The number of rotatable bonds is 7. The van der Waals surface area contributed by atoms with Crippen molar-refractivity contribution in [3.63, 3.8) is 0 Å². The number of hydrogen-bond acceptors (Lipinski definition) is 5. The lowest BCUT2D eigenvalue weighted by Crippen LogP contribution is -2.47. The summed E-state index contributed by atoms with van der Waals surface area (Å²) in [5.74, 6) is 0.797. The average molecular weight is 470 g/mol. The van der Waals surface area contributed by atoms with Crippen LogP contribution in [0.3, 0.4) is 0 Å². The molecule has 3 aliphatic rings. The van der Waals surface area contributed by atoms with Gasteiger partial charge in [-0.1, -0.05) is 0 Å². The Morgan fingerprint density at radius 3 is 2.53 bits per heavy atom. The summed E-state index contributed by atoms with van der Waals surface area (Å²) in [5, 5.41) is 18.3. The number of fused-ring (bicyclic) bond motifs is 3. The summed E-state index contributed by atoms with van der Waals surface area (Å²) in [6.45, 7) is 0.503. The summed E-state index contributed by atoms with van der Waals surface area (Å²) < 4.78 is 25.1. The number of halogens is 1. The van der Waals surface area contributed by atoms with Gasteiger partial charge in [0.1, 0.15) is 23.8 Å². The van der Waals surface area contributed by atoms with Gasteiger partial charge >= 0.3 is 6.03 Å². The maximum atomic E-state index is 13.1. The van der Waals surface area contributed by atoms with Gasteiger partial charge in [0.05, 0.1) is 19.1 Å². The SMILES string of the molecule is O=C(C[C@H]1C[C@@H]2c3cc(NC(=O)Nc4ccc(F)cc4)ccc3O[C@@H]2[C@H](CO)O1)NCC1CC1. The van der Waals surface area contributed by atoms with Crippen molar-refractivity contribution in [1.29, 1.82) is 0 Å². The molecule has 180 valence electrons. The van der Waals surface area contributed by atoms with E-state index in [0.29, 0.717) is 36.0 Å². The molecule has 2 aliphatic heterocycles. The summed E-state index contributed by atoms with van der Waals surface area (Å²) in [6.07, 6.45) is 1.94. The summed E-state index contributed by atoms with van der Waals surface area (Å²) >= 11 is 0. The van der Waals surface area contributed by atoms with Gasteiger partial charge in [0.15, 0.2) is 0 Å². The minimum Gasteiger partial charge on any atom is -0.487 e. The molecule has 0 unspecified atom stereocenters. The Kier molecular flexibility index (Phi) is 6.38. The Balaban J connectivity index is 1.25. The first-order valence-corrected chi connectivity index (χ1v) is 11.7. The van der Waals surface area contributed by atoms with Gasteiger partial charge in [-0.25, -0.2) is 9.18 Å². The van der Waals surface area contributed by atoms with E-state index in [9.17, 15) is 19.1 Å². The number of urea groups is 1. The van der Waals surface area contributed by atoms with E-state index in [2.05, 4.69) is 16.0 Å². The van der Waals surface area contributed by atoms with E-state index < -0.39 is 12.1 Å². The van der Waals surface area contributed by atoms with Crippen molar-refractivity contribution >= 4 is 23.3 Å². The molecule has 2 heterocycles. The molecule has 9 heteroatoms. The van der Waals surface area contributed by atoms with Gasteiger partial charge in [-0.3, -0.25) is 4.79 Å². The highest BCUT2D eigenvalue weighted by Gasteiger charge is 2.46. The molecule has 2 aromatic rings. The number of hydrogen-bond donors (Lipinski definition) is 4. The predicted octanol–water partition coefficient (Wildman–Crippen LogP) is 3.38. The maximum absolute atomic E-state index is 13.1.